The summed E-state index contributed by atoms with van der Waals surface area (Å²) in [6.07, 6.45) is 0. The van der Waals surface area contributed by atoms with Crippen LogP contribution in [-0.2, 0) is 10.1 Å². The fraction of sp³-hybridized carbons (Fsp3) is 0.125. The maximum Gasteiger partial charge on any atom is 1.00 e. The molecular weight excluding hydrogens is 247 g/mol. The minimum Gasteiger partial charge on any atom is -0.545 e. The van der Waals surface area contributed by atoms with Gasteiger partial charge >= 0.3 is 29.6 Å². The molecule has 0 aromatic heterocycles. The van der Waals surface area contributed by atoms with Crippen LogP contribution in [0.15, 0.2) is 23.1 Å². The van der Waals surface area contributed by atoms with Crippen molar-refractivity contribution in [3.05, 3.63) is 23.8 Å². The second-order valence-electron chi connectivity index (χ2n) is 2.62. The third-order valence-corrected chi connectivity index (χ3v) is 2.54. The summed E-state index contributed by atoms with van der Waals surface area (Å²) >= 11 is 0. The van der Waals surface area contributed by atoms with Crippen LogP contribution in [0, 0.1) is 0 Å². The summed E-state index contributed by atoms with van der Waals surface area (Å²) in [4.78, 5) is 10.1. The van der Waals surface area contributed by atoms with Crippen LogP contribution < -0.4 is 39.4 Å². The molecule has 0 aliphatic carbocycles. The molecule has 0 saturated carbocycles. The zero-order valence-corrected chi connectivity index (χ0v) is 11.4. The normalized spacial score (nSPS) is 10.4. The number of carboxylic acids is 1. The minimum atomic E-state index is -4.43. The molecule has 1 aromatic rings. The molecule has 0 fully saturated rings. The van der Waals surface area contributed by atoms with Crippen LogP contribution in [-0.4, -0.2) is 26.0 Å². The number of hydrogen-bond donors (Lipinski definition) is 1. The van der Waals surface area contributed by atoms with Gasteiger partial charge in [-0.3, -0.25) is 4.55 Å². The molecule has 8 heteroatoms. The zero-order chi connectivity index (χ0) is 11.6. The molecule has 0 atom stereocenters. The van der Waals surface area contributed by atoms with Crippen molar-refractivity contribution in [1.82, 2.24) is 0 Å². The minimum absolute atomic E-state index is 0. The van der Waals surface area contributed by atoms with Crippen LogP contribution in [0.25, 0.3) is 0 Å². The maximum atomic E-state index is 10.7. The molecular formula is C8H7NaO6S. The topological polar surface area (TPSA) is 104 Å². The van der Waals surface area contributed by atoms with E-state index in [1.54, 1.807) is 0 Å². The summed E-state index contributed by atoms with van der Waals surface area (Å²) in [5.41, 5.74) is -0.437. The van der Waals surface area contributed by atoms with Gasteiger partial charge in [-0.25, -0.2) is 0 Å². The van der Waals surface area contributed by atoms with Gasteiger partial charge in [0, 0.05) is 5.56 Å². The molecule has 0 amide bonds. The fourth-order valence-corrected chi connectivity index (χ4v) is 1.51. The first-order valence-corrected chi connectivity index (χ1v) is 5.17. The molecule has 0 aliphatic heterocycles. The number of carboxylic acid groups (broad SMARTS) is 1. The molecule has 1 N–H and O–H groups in total. The Balaban J connectivity index is 0.00000225. The molecule has 0 radical (unpaired) electrons. The zero-order valence-electron chi connectivity index (χ0n) is 8.63. The molecule has 0 heterocycles. The Labute approximate surface area is 114 Å². The Morgan fingerprint density at radius 3 is 2.38 bits per heavy atom. The standard InChI is InChI=1S/C8H8O6S.Na/c1-14-7-3-2-5(15(11,12)13)4-6(7)8(9)10;/h2-4H,1H3,(H,9,10)(H,11,12,13);/q;+1/p-1. The summed E-state index contributed by atoms with van der Waals surface area (Å²) in [6.45, 7) is 0. The molecule has 0 aliphatic rings. The second-order valence-corrected chi connectivity index (χ2v) is 4.05. The van der Waals surface area contributed by atoms with E-state index in [-0.39, 0.29) is 35.3 Å². The van der Waals surface area contributed by atoms with Gasteiger partial charge < -0.3 is 14.6 Å². The Kier molecular flexibility index (Phi) is 5.43. The molecule has 1 rings (SSSR count). The summed E-state index contributed by atoms with van der Waals surface area (Å²) in [6, 6.07) is 2.92. The first kappa shape index (κ1) is 15.4. The second kappa shape index (κ2) is 5.65. The molecule has 0 bridgehead atoms. The average Bonchev–Trinajstić information content (AvgIpc) is 2.15. The van der Waals surface area contributed by atoms with Crippen molar-refractivity contribution < 1.29 is 57.2 Å². The summed E-state index contributed by atoms with van der Waals surface area (Å²) < 4.78 is 34.8. The summed E-state index contributed by atoms with van der Waals surface area (Å²) in [5.74, 6) is -1.63. The monoisotopic (exact) mass is 254 g/mol. The van der Waals surface area contributed by atoms with Gasteiger partial charge in [0.1, 0.15) is 5.75 Å². The smallest absolute Gasteiger partial charge is 0.545 e. The van der Waals surface area contributed by atoms with Gasteiger partial charge in [0.05, 0.1) is 18.0 Å². The number of carbonyl (C=O) groups excluding carboxylic acids is 1. The van der Waals surface area contributed by atoms with E-state index in [0.717, 1.165) is 18.2 Å². The van der Waals surface area contributed by atoms with Crippen LogP contribution in [0.5, 0.6) is 5.75 Å². The summed E-state index contributed by atoms with van der Waals surface area (Å²) in [7, 11) is -3.20. The van der Waals surface area contributed by atoms with Crippen LogP contribution in [0.1, 0.15) is 10.4 Å². The quantitative estimate of drug-likeness (QED) is 0.440. The van der Waals surface area contributed by atoms with Crippen molar-refractivity contribution >= 4 is 16.1 Å². The van der Waals surface area contributed by atoms with Crippen molar-refractivity contribution in [2.75, 3.05) is 7.11 Å². The predicted molar refractivity (Wildman–Crippen MR) is 47.1 cm³/mol. The van der Waals surface area contributed by atoms with E-state index in [0.29, 0.717) is 0 Å². The number of benzene rings is 1. The number of ether oxygens (including phenoxy) is 1. The van der Waals surface area contributed by atoms with E-state index in [4.69, 9.17) is 4.55 Å². The van der Waals surface area contributed by atoms with Gasteiger partial charge in [-0.2, -0.15) is 8.42 Å². The molecule has 1 aromatic carbocycles. The van der Waals surface area contributed by atoms with E-state index >= 15 is 0 Å². The van der Waals surface area contributed by atoms with Gasteiger partial charge in [-0.15, -0.1) is 0 Å². The Morgan fingerprint density at radius 1 is 1.44 bits per heavy atom. The van der Waals surface area contributed by atoms with Crippen LogP contribution in [0.3, 0.4) is 0 Å². The van der Waals surface area contributed by atoms with Crippen molar-refractivity contribution in [1.29, 1.82) is 0 Å². The van der Waals surface area contributed by atoms with Gasteiger partial charge in [0.25, 0.3) is 10.1 Å². The molecule has 0 spiro atoms. The SMILES string of the molecule is COc1ccc(S(=O)(=O)O)cc1C(=O)[O-].[Na+]. The number of carbonyl (C=O) groups is 1. The summed E-state index contributed by atoms with van der Waals surface area (Å²) in [5, 5.41) is 10.6. The number of hydrogen-bond acceptors (Lipinski definition) is 5. The Bertz CT molecular complexity index is 495. The van der Waals surface area contributed by atoms with Gasteiger partial charge in [0.15, 0.2) is 0 Å². The van der Waals surface area contributed by atoms with Gasteiger partial charge in [-0.1, -0.05) is 0 Å². The van der Waals surface area contributed by atoms with E-state index in [9.17, 15) is 18.3 Å². The van der Waals surface area contributed by atoms with Crippen molar-refractivity contribution in [3.8, 4) is 5.75 Å². The third kappa shape index (κ3) is 3.46. The van der Waals surface area contributed by atoms with Gasteiger partial charge in [0.2, 0.25) is 0 Å². The Morgan fingerprint density at radius 2 is 2.00 bits per heavy atom. The van der Waals surface area contributed by atoms with E-state index in [1.165, 1.54) is 7.11 Å². The molecule has 16 heavy (non-hydrogen) atoms. The molecule has 82 valence electrons. The maximum absolute atomic E-state index is 10.7. The van der Waals surface area contributed by atoms with E-state index in [1.807, 2.05) is 0 Å². The molecule has 0 saturated heterocycles. The first-order valence-electron chi connectivity index (χ1n) is 3.73. The first-order chi connectivity index (χ1) is 6.86. The van der Waals surface area contributed by atoms with Gasteiger partial charge in [-0.05, 0) is 18.2 Å². The molecule has 6 nitrogen and oxygen atoms in total. The van der Waals surface area contributed by atoms with Crippen LogP contribution in [0.2, 0.25) is 0 Å². The largest absolute Gasteiger partial charge is 1.00 e. The predicted octanol–water partition coefficient (Wildman–Crippen LogP) is -3.69. The van der Waals surface area contributed by atoms with E-state index < -0.39 is 26.5 Å². The van der Waals surface area contributed by atoms with Crippen LogP contribution >= 0.6 is 0 Å². The third-order valence-electron chi connectivity index (χ3n) is 1.69. The fourth-order valence-electron chi connectivity index (χ4n) is 1.01. The van der Waals surface area contributed by atoms with Crippen LogP contribution in [0.4, 0.5) is 0 Å². The number of rotatable bonds is 3. The number of methoxy groups -OCH3 is 1. The van der Waals surface area contributed by atoms with Crippen molar-refractivity contribution in [3.63, 3.8) is 0 Å². The Hall–Kier alpha value is -0.600. The van der Waals surface area contributed by atoms with Crippen molar-refractivity contribution in [2.24, 2.45) is 0 Å². The molecule has 0 unspecified atom stereocenters. The van der Waals surface area contributed by atoms with E-state index in [2.05, 4.69) is 4.74 Å². The average molecular weight is 254 g/mol. The van der Waals surface area contributed by atoms with Crippen molar-refractivity contribution in [2.45, 2.75) is 4.90 Å². The number of aromatic carboxylic acids is 1.